The molecule has 8 nitrogen and oxygen atoms in total. The van der Waals surface area contributed by atoms with E-state index in [0.29, 0.717) is 16.9 Å². The third-order valence-electron chi connectivity index (χ3n) is 4.77. The van der Waals surface area contributed by atoms with Crippen molar-refractivity contribution in [2.75, 3.05) is 5.32 Å². The van der Waals surface area contributed by atoms with E-state index in [4.69, 9.17) is 4.74 Å². The van der Waals surface area contributed by atoms with E-state index in [2.05, 4.69) is 25.3 Å². The second kappa shape index (κ2) is 9.51. The number of rotatable bonds is 8. The predicted octanol–water partition coefficient (Wildman–Crippen LogP) is 4.78. The molecule has 0 saturated carbocycles. The molecule has 0 fully saturated rings. The zero-order chi connectivity index (χ0) is 23.4. The Bertz CT molecular complexity index is 1250. The third kappa shape index (κ3) is 5.53. The molecule has 0 aliphatic rings. The van der Waals surface area contributed by atoms with E-state index in [1.54, 1.807) is 29.1 Å². The largest absolute Gasteiger partial charge is 0.471 e. The average molecular weight is 453 g/mol. The van der Waals surface area contributed by atoms with Gasteiger partial charge in [-0.2, -0.15) is 19.0 Å². The zero-order valence-electron chi connectivity index (χ0n) is 17.9. The summed E-state index contributed by atoms with van der Waals surface area (Å²) in [6.45, 7) is 1.29. The fourth-order valence-corrected chi connectivity index (χ4v) is 3.19. The summed E-state index contributed by atoms with van der Waals surface area (Å²) in [6, 6.07) is 13.5. The molecule has 4 aromatic rings. The molecule has 0 saturated heterocycles. The van der Waals surface area contributed by atoms with Crippen LogP contribution in [0.5, 0.6) is 11.5 Å². The van der Waals surface area contributed by atoms with Crippen molar-refractivity contribution in [2.24, 2.45) is 0 Å². The van der Waals surface area contributed by atoms with Crippen molar-refractivity contribution >= 4 is 11.6 Å². The first kappa shape index (κ1) is 22.0. The van der Waals surface area contributed by atoms with E-state index in [1.165, 1.54) is 18.3 Å². The number of aromatic nitrogens is 4. The molecule has 33 heavy (non-hydrogen) atoms. The van der Waals surface area contributed by atoms with Crippen molar-refractivity contribution in [2.45, 2.75) is 27.2 Å². The summed E-state index contributed by atoms with van der Waals surface area (Å²) < 4.78 is 36.2. The summed E-state index contributed by atoms with van der Waals surface area (Å²) in [5.74, 6) is 0.405. The van der Waals surface area contributed by atoms with Crippen molar-refractivity contribution in [1.29, 1.82) is 0 Å². The molecule has 0 spiro atoms. The lowest BCUT2D eigenvalue weighted by molar-refractivity contribution is -0.0498. The number of ether oxygens (including phenoxy) is 2. The second-order valence-corrected chi connectivity index (χ2v) is 7.33. The van der Waals surface area contributed by atoms with E-state index in [-0.39, 0.29) is 18.2 Å². The van der Waals surface area contributed by atoms with Gasteiger partial charge in [0.25, 0.3) is 5.91 Å². The monoisotopic (exact) mass is 453 g/mol. The fraction of sp³-hybridized carbons (Fsp3) is 0.174. The fourth-order valence-electron chi connectivity index (χ4n) is 3.19. The number of hydrogen-bond acceptors (Lipinski definition) is 5. The molecule has 0 bridgehead atoms. The molecule has 0 unspecified atom stereocenters. The summed E-state index contributed by atoms with van der Waals surface area (Å²) >= 11 is 0. The highest BCUT2D eigenvalue weighted by Crippen LogP contribution is 2.23. The molecule has 1 amide bonds. The maximum atomic E-state index is 12.5. The number of nitrogens with zero attached hydrogens (tertiary/aromatic N) is 3. The predicted molar refractivity (Wildman–Crippen MR) is 117 cm³/mol. The molecule has 0 aliphatic carbocycles. The number of benzene rings is 2. The average Bonchev–Trinajstić information content (AvgIpc) is 3.43. The standard InChI is InChI=1S/C23H21F2N5O3/c1-14-3-8-21(15(2)9-14)32-13-30-12-17(11-26-30)27-22(31)20-10-19(28-29-20)16-4-6-18(7-5-16)33-23(24)25/h3-12,23H,13H2,1-2H3,(H,27,31)(H,28,29). The van der Waals surface area contributed by atoms with Gasteiger partial charge in [0, 0.05) is 5.56 Å². The molecule has 2 N–H and O–H groups in total. The molecule has 2 heterocycles. The highest BCUT2D eigenvalue weighted by molar-refractivity contribution is 6.03. The topological polar surface area (TPSA) is 94.1 Å². The van der Waals surface area contributed by atoms with Crippen LogP contribution in [-0.4, -0.2) is 32.5 Å². The lowest BCUT2D eigenvalue weighted by atomic mass is 10.1. The van der Waals surface area contributed by atoms with Crippen molar-refractivity contribution in [3.05, 3.63) is 77.7 Å². The molecule has 170 valence electrons. The van der Waals surface area contributed by atoms with Crippen LogP contribution in [0.3, 0.4) is 0 Å². The first-order valence-electron chi connectivity index (χ1n) is 10.0. The van der Waals surface area contributed by atoms with Gasteiger partial charge in [0.15, 0.2) is 6.73 Å². The van der Waals surface area contributed by atoms with Gasteiger partial charge in [-0.3, -0.25) is 9.89 Å². The minimum absolute atomic E-state index is 0.0424. The Morgan fingerprint density at radius 2 is 1.94 bits per heavy atom. The molecule has 10 heteroatoms. The summed E-state index contributed by atoms with van der Waals surface area (Å²) in [4.78, 5) is 12.5. The second-order valence-electron chi connectivity index (χ2n) is 7.33. The number of amides is 1. The van der Waals surface area contributed by atoms with Gasteiger partial charge >= 0.3 is 6.61 Å². The van der Waals surface area contributed by atoms with Gasteiger partial charge in [0.05, 0.1) is 23.8 Å². The Hall–Kier alpha value is -4.21. The Kier molecular flexibility index (Phi) is 6.34. The first-order chi connectivity index (χ1) is 15.9. The number of carbonyl (C=O) groups is 1. The zero-order valence-corrected chi connectivity index (χ0v) is 17.9. The van der Waals surface area contributed by atoms with Crippen LogP contribution in [0.4, 0.5) is 14.5 Å². The lowest BCUT2D eigenvalue weighted by Crippen LogP contribution is -2.12. The maximum absolute atomic E-state index is 12.5. The smallest absolute Gasteiger partial charge is 0.387 e. The molecule has 0 atom stereocenters. The summed E-state index contributed by atoms with van der Waals surface area (Å²) in [5, 5.41) is 13.7. The number of aromatic amines is 1. The van der Waals surface area contributed by atoms with Gasteiger partial charge in [-0.15, -0.1) is 0 Å². The van der Waals surface area contributed by atoms with E-state index in [9.17, 15) is 13.6 Å². The van der Waals surface area contributed by atoms with Crippen LogP contribution in [0.1, 0.15) is 21.6 Å². The van der Waals surface area contributed by atoms with Gasteiger partial charge in [-0.05, 0) is 55.8 Å². The molecule has 4 rings (SSSR count). The number of H-pyrrole nitrogens is 1. The van der Waals surface area contributed by atoms with Crippen molar-refractivity contribution < 1.29 is 23.0 Å². The van der Waals surface area contributed by atoms with E-state index >= 15 is 0 Å². The number of alkyl halides is 2. The summed E-state index contributed by atoms with van der Waals surface area (Å²) in [6.07, 6.45) is 3.17. The Labute approximate surface area is 188 Å². The lowest BCUT2D eigenvalue weighted by Gasteiger charge is -2.09. The molecular formula is C23H21F2N5O3. The highest BCUT2D eigenvalue weighted by atomic mass is 19.3. The normalized spacial score (nSPS) is 10.9. The molecule has 2 aromatic carbocycles. The Morgan fingerprint density at radius 3 is 2.67 bits per heavy atom. The highest BCUT2D eigenvalue weighted by Gasteiger charge is 2.13. The summed E-state index contributed by atoms with van der Waals surface area (Å²) in [5.41, 5.74) is 4.04. The van der Waals surface area contributed by atoms with Crippen molar-refractivity contribution in [1.82, 2.24) is 20.0 Å². The van der Waals surface area contributed by atoms with E-state index in [1.807, 2.05) is 32.0 Å². The summed E-state index contributed by atoms with van der Waals surface area (Å²) in [7, 11) is 0. The van der Waals surface area contributed by atoms with E-state index in [0.717, 1.165) is 16.9 Å². The SMILES string of the molecule is Cc1ccc(OCn2cc(NC(=O)c3cc(-c4ccc(OC(F)F)cc4)n[nH]3)cn2)c(C)c1. The van der Waals surface area contributed by atoms with Crippen LogP contribution in [0.25, 0.3) is 11.3 Å². The van der Waals surface area contributed by atoms with Crippen molar-refractivity contribution in [3.8, 4) is 22.8 Å². The van der Waals surface area contributed by atoms with Crippen LogP contribution in [0, 0.1) is 13.8 Å². The van der Waals surface area contributed by atoms with Gasteiger partial charge in [-0.1, -0.05) is 17.7 Å². The number of halogens is 2. The molecule has 0 radical (unpaired) electrons. The van der Waals surface area contributed by atoms with Gasteiger partial charge in [0.2, 0.25) is 0 Å². The molecule has 0 aliphatic heterocycles. The number of anilines is 1. The van der Waals surface area contributed by atoms with Crippen LogP contribution < -0.4 is 14.8 Å². The number of aryl methyl sites for hydroxylation is 2. The minimum atomic E-state index is -2.89. The number of carbonyl (C=O) groups excluding carboxylic acids is 1. The van der Waals surface area contributed by atoms with Gasteiger partial charge in [0.1, 0.15) is 17.2 Å². The number of hydrogen-bond donors (Lipinski definition) is 2. The van der Waals surface area contributed by atoms with Gasteiger partial charge in [-0.25, -0.2) is 4.68 Å². The van der Waals surface area contributed by atoms with Crippen LogP contribution in [0.2, 0.25) is 0 Å². The van der Waals surface area contributed by atoms with Crippen LogP contribution in [0.15, 0.2) is 60.9 Å². The van der Waals surface area contributed by atoms with Crippen LogP contribution >= 0.6 is 0 Å². The molecule has 2 aromatic heterocycles. The van der Waals surface area contributed by atoms with Gasteiger partial charge < -0.3 is 14.8 Å². The molecular weight excluding hydrogens is 432 g/mol. The number of nitrogens with one attached hydrogen (secondary N) is 2. The van der Waals surface area contributed by atoms with Crippen LogP contribution in [-0.2, 0) is 6.73 Å². The maximum Gasteiger partial charge on any atom is 0.387 e. The first-order valence-corrected chi connectivity index (χ1v) is 10.0. The minimum Gasteiger partial charge on any atom is -0.471 e. The van der Waals surface area contributed by atoms with Crippen molar-refractivity contribution in [3.63, 3.8) is 0 Å². The Balaban J connectivity index is 1.35. The third-order valence-corrected chi connectivity index (χ3v) is 4.77. The Morgan fingerprint density at radius 1 is 1.15 bits per heavy atom. The quantitative estimate of drug-likeness (QED) is 0.400. The van der Waals surface area contributed by atoms with E-state index < -0.39 is 12.5 Å².